The molecule has 1 N–H and O–H groups in total. The maximum Gasteiger partial charge on any atom is 0.243 e. The van der Waals surface area contributed by atoms with Crippen LogP contribution >= 0.6 is 0 Å². The highest BCUT2D eigenvalue weighted by Gasteiger charge is 2.38. The van der Waals surface area contributed by atoms with E-state index in [0.29, 0.717) is 12.5 Å². The second kappa shape index (κ2) is 9.02. The first kappa shape index (κ1) is 20.2. The summed E-state index contributed by atoms with van der Waals surface area (Å²) in [7, 11) is 0. The summed E-state index contributed by atoms with van der Waals surface area (Å²) in [6, 6.07) is 10.3. The minimum atomic E-state index is -0.148. The molecule has 0 aromatic heterocycles. The lowest BCUT2D eigenvalue weighted by Crippen LogP contribution is -2.51. The quantitative estimate of drug-likeness (QED) is 0.760. The van der Waals surface area contributed by atoms with E-state index in [-0.39, 0.29) is 23.1 Å². The molecular formula is C22H32N2O2. The Balaban J connectivity index is 2.14. The first-order chi connectivity index (χ1) is 12.4. The SMILES string of the molecule is C=CC(=O)NCC1(c2ccccc2)CCN(C(=O)C(CC)C(C)C)CC1. The molecule has 0 bridgehead atoms. The largest absolute Gasteiger partial charge is 0.352 e. The van der Waals surface area contributed by atoms with Gasteiger partial charge < -0.3 is 10.2 Å². The Labute approximate surface area is 157 Å². The average molecular weight is 357 g/mol. The van der Waals surface area contributed by atoms with E-state index >= 15 is 0 Å². The van der Waals surface area contributed by atoms with Crippen LogP contribution < -0.4 is 5.32 Å². The molecule has 2 rings (SSSR count). The van der Waals surface area contributed by atoms with Crippen LogP contribution in [0.25, 0.3) is 0 Å². The molecule has 142 valence electrons. The van der Waals surface area contributed by atoms with Crippen molar-refractivity contribution in [3.05, 3.63) is 48.6 Å². The summed E-state index contributed by atoms with van der Waals surface area (Å²) >= 11 is 0. The molecule has 1 unspecified atom stereocenters. The Morgan fingerprint density at radius 2 is 1.85 bits per heavy atom. The standard InChI is InChI=1S/C22H32N2O2/c1-5-19(17(3)4)21(26)24-14-12-22(13-15-24,16-23-20(25)6-2)18-10-8-7-9-11-18/h6-11,17,19H,2,5,12-16H2,1,3-4H3,(H,23,25). The number of likely N-dealkylation sites (tertiary alicyclic amines) is 1. The van der Waals surface area contributed by atoms with Crippen LogP contribution in [0.3, 0.4) is 0 Å². The molecule has 0 spiro atoms. The van der Waals surface area contributed by atoms with Gasteiger partial charge in [-0.05, 0) is 36.8 Å². The minimum Gasteiger partial charge on any atom is -0.352 e. The van der Waals surface area contributed by atoms with Gasteiger partial charge >= 0.3 is 0 Å². The third-order valence-corrected chi connectivity index (χ3v) is 5.77. The van der Waals surface area contributed by atoms with Crippen molar-refractivity contribution in [3.8, 4) is 0 Å². The molecule has 1 aliphatic rings. The van der Waals surface area contributed by atoms with Crippen molar-refractivity contribution in [2.75, 3.05) is 19.6 Å². The van der Waals surface area contributed by atoms with Gasteiger partial charge in [0.1, 0.15) is 0 Å². The molecule has 1 heterocycles. The lowest BCUT2D eigenvalue weighted by Gasteiger charge is -2.43. The van der Waals surface area contributed by atoms with Crippen molar-refractivity contribution in [3.63, 3.8) is 0 Å². The molecule has 4 nitrogen and oxygen atoms in total. The molecule has 0 aliphatic carbocycles. The highest BCUT2D eigenvalue weighted by atomic mass is 16.2. The predicted octanol–water partition coefficient (Wildman–Crippen LogP) is 3.53. The molecule has 1 aromatic carbocycles. The lowest BCUT2D eigenvalue weighted by atomic mass is 9.72. The molecule has 1 aromatic rings. The second-order valence-corrected chi connectivity index (χ2v) is 7.65. The van der Waals surface area contributed by atoms with Crippen LogP contribution in [0.15, 0.2) is 43.0 Å². The highest BCUT2D eigenvalue weighted by Crippen LogP contribution is 2.36. The highest BCUT2D eigenvalue weighted by molar-refractivity contribution is 5.86. The Kier molecular flexibility index (Phi) is 7.01. The first-order valence-corrected chi connectivity index (χ1v) is 9.68. The number of hydrogen-bond acceptors (Lipinski definition) is 2. The average Bonchev–Trinajstić information content (AvgIpc) is 2.67. The van der Waals surface area contributed by atoms with Crippen LogP contribution in [0.5, 0.6) is 0 Å². The molecule has 1 aliphatic heterocycles. The van der Waals surface area contributed by atoms with E-state index in [0.717, 1.165) is 32.4 Å². The number of carbonyl (C=O) groups excluding carboxylic acids is 2. The Bertz CT molecular complexity index is 616. The molecule has 2 amide bonds. The fourth-order valence-electron chi connectivity index (χ4n) is 4.01. The zero-order valence-corrected chi connectivity index (χ0v) is 16.3. The van der Waals surface area contributed by atoms with E-state index in [9.17, 15) is 9.59 Å². The molecule has 1 saturated heterocycles. The van der Waals surface area contributed by atoms with E-state index in [1.807, 2.05) is 23.1 Å². The Morgan fingerprint density at radius 3 is 2.35 bits per heavy atom. The predicted molar refractivity (Wildman–Crippen MR) is 106 cm³/mol. The van der Waals surface area contributed by atoms with Gasteiger partial charge in [-0.25, -0.2) is 0 Å². The summed E-state index contributed by atoms with van der Waals surface area (Å²) < 4.78 is 0. The zero-order valence-electron chi connectivity index (χ0n) is 16.3. The van der Waals surface area contributed by atoms with Crippen LogP contribution in [0.2, 0.25) is 0 Å². The molecule has 1 fully saturated rings. The van der Waals surface area contributed by atoms with E-state index in [4.69, 9.17) is 0 Å². The maximum absolute atomic E-state index is 12.9. The van der Waals surface area contributed by atoms with Gasteiger partial charge in [0.2, 0.25) is 11.8 Å². The van der Waals surface area contributed by atoms with Gasteiger partial charge in [0.25, 0.3) is 0 Å². The zero-order chi connectivity index (χ0) is 19.2. The number of nitrogens with one attached hydrogen (secondary N) is 1. The number of nitrogens with zero attached hydrogens (tertiary/aromatic N) is 1. The monoisotopic (exact) mass is 356 g/mol. The number of hydrogen-bond donors (Lipinski definition) is 1. The fourth-order valence-corrected chi connectivity index (χ4v) is 4.01. The van der Waals surface area contributed by atoms with Crippen molar-refractivity contribution in [1.29, 1.82) is 0 Å². The fraction of sp³-hybridized carbons (Fsp3) is 0.545. The van der Waals surface area contributed by atoms with Crippen LogP contribution in [0.1, 0.15) is 45.6 Å². The number of amides is 2. The van der Waals surface area contributed by atoms with Gasteiger partial charge in [-0.15, -0.1) is 0 Å². The summed E-state index contributed by atoms with van der Waals surface area (Å²) in [6.07, 6.45) is 3.90. The van der Waals surface area contributed by atoms with Gasteiger partial charge in [0, 0.05) is 31.0 Å². The van der Waals surface area contributed by atoms with Gasteiger partial charge in [0.05, 0.1) is 0 Å². The third kappa shape index (κ3) is 4.54. The van der Waals surface area contributed by atoms with Crippen molar-refractivity contribution in [2.24, 2.45) is 11.8 Å². The molecular weight excluding hydrogens is 324 g/mol. The Morgan fingerprint density at radius 1 is 1.23 bits per heavy atom. The summed E-state index contributed by atoms with van der Waals surface area (Å²) in [5, 5.41) is 2.98. The summed E-state index contributed by atoms with van der Waals surface area (Å²) in [6.45, 7) is 11.9. The van der Waals surface area contributed by atoms with E-state index in [1.54, 1.807) is 0 Å². The van der Waals surface area contributed by atoms with Crippen LogP contribution in [0, 0.1) is 11.8 Å². The van der Waals surface area contributed by atoms with E-state index in [1.165, 1.54) is 11.6 Å². The van der Waals surface area contributed by atoms with E-state index in [2.05, 4.69) is 44.8 Å². The first-order valence-electron chi connectivity index (χ1n) is 9.68. The molecule has 0 radical (unpaired) electrons. The van der Waals surface area contributed by atoms with Crippen LogP contribution in [0.4, 0.5) is 0 Å². The van der Waals surface area contributed by atoms with E-state index < -0.39 is 0 Å². The van der Waals surface area contributed by atoms with Gasteiger partial charge in [-0.2, -0.15) is 0 Å². The Hall–Kier alpha value is -2.10. The molecule has 26 heavy (non-hydrogen) atoms. The summed E-state index contributed by atoms with van der Waals surface area (Å²) in [5.74, 6) is 0.587. The number of benzene rings is 1. The smallest absolute Gasteiger partial charge is 0.243 e. The molecule has 4 heteroatoms. The van der Waals surface area contributed by atoms with Crippen LogP contribution in [-0.2, 0) is 15.0 Å². The van der Waals surface area contributed by atoms with Gasteiger partial charge in [-0.1, -0.05) is 57.7 Å². The summed E-state index contributed by atoms with van der Waals surface area (Å²) in [5.41, 5.74) is 1.10. The van der Waals surface area contributed by atoms with Crippen molar-refractivity contribution in [2.45, 2.75) is 45.4 Å². The normalized spacial score (nSPS) is 17.6. The topological polar surface area (TPSA) is 49.4 Å². The third-order valence-electron chi connectivity index (χ3n) is 5.77. The van der Waals surface area contributed by atoms with Crippen molar-refractivity contribution >= 4 is 11.8 Å². The van der Waals surface area contributed by atoms with Gasteiger partial charge in [-0.3, -0.25) is 9.59 Å². The number of piperidine rings is 1. The van der Waals surface area contributed by atoms with Crippen molar-refractivity contribution in [1.82, 2.24) is 10.2 Å². The number of carbonyl (C=O) groups is 2. The second-order valence-electron chi connectivity index (χ2n) is 7.65. The molecule has 0 saturated carbocycles. The molecule has 1 atom stereocenters. The minimum absolute atomic E-state index is 0.0969. The number of rotatable bonds is 7. The summed E-state index contributed by atoms with van der Waals surface area (Å²) in [4.78, 5) is 26.6. The lowest BCUT2D eigenvalue weighted by molar-refractivity contribution is -0.139. The van der Waals surface area contributed by atoms with Crippen LogP contribution in [-0.4, -0.2) is 36.3 Å². The van der Waals surface area contributed by atoms with Gasteiger partial charge in [0.15, 0.2) is 0 Å². The maximum atomic E-state index is 12.9. The van der Waals surface area contributed by atoms with Crippen molar-refractivity contribution < 1.29 is 9.59 Å².